The summed E-state index contributed by atoms with van der Waals surface area (Å²) in [7, 11) is 0. The Morgan fingerprint density at radius 2 is 0.709 bits per heavy atom. The molecule has 428 valence electrons. The van der Waals surface area contributed by atoms with Crippen molar-refractivity contribution >= 4 is 71.1 Å². The Balaban J connectivity index is 1.84. The molecule has 30 heteroatoms. The molecule has 30 nitrogen and oxygen atoms in total. The standard InChI is InChI=1S/C49H62N10O20/c1-23(41(70)53-33(19-39(66)67)46(75)57-35(49(78)79)18-26-6-12-29(64)13-7-26)52-47(76)36(21-60)59-44(73)32(17-25-4-10-28(63)11-5-25)54-45(74)34(20-40(68)69)56-43(72)31(16-24-2-8-27(62)9-3-24)55-48(77)37(22-61)58-42(71)30(50)14-15-38(51)65/h2-13,23,30-37,60-64H,14-22,50H2,1H3,(H2,51,65)(H,52,76)(H,53,70)(H,54,74)(H,55,77)(H,56,72)(H,57,75)(H,58,71)(H,59,73)(H,66,67)(H,68,69)(H,78,79)/t23-,30-,31-,32-,33-,34-,35-,36-,37-/m0/s1. The van der Waals surface area contributed by atoms with Gasteiger partial charge in [-0.15, -0.1) is 0 Å². The lowest BCUT2D eigenvalue weighted by Gasteiger charge is -2.27. The van der Waals surface area contributed by atoms with Crippen molar-refractivity contribution in [3.8, 4) is 17.2 Å². The van der Waals surface area contributed by atoms with Gasteiger partial charge in [0.25, 0.3) is 0 Å². The molecule has 0 radical (unpaired) electrons. The van der Waals surface area contributed by atoms with E-state index in [0.29, 0.717) is 5.56 Å². The zero-order chi connectivity index (χ0) is 59.1. The van der Waals surface area contributed by atoms with E-state index in [1.54, 1.807) is 0 Å². The molecule has 0 bridgehead atoms. The van der Waals surface area contributed by atoms with E-state index in [4.69, 9.17) is 11.5 Å². The van der Waals surface area contributed by atoms with Gasteiger partial charge in [-0.05, 0) is 66.4 Å². The smallest absolute Gasteiger partial charge is 0.326 e. The molecule has 0 aliphatic carbocycles. The number of benzene rings is 3. The maximum Gasteiger partial charge on any atom is 0.326 e. The minimum absolute atomic E-state index is 0.127. The topological polar surface area (TPSA) is 515 Å². The molecule has 3 aromatic rings. The number of carbonyl (C=O) groups is 12. The molecule has 79 heavy (non-hydrogen) atoms. The number of phenols is 3. The summed E-state index contributed by atoms with van der Waals surface area (Å²) in [5.74, 6) is -15.8. The van der Waals surface area contributed by atoms with Crippen molar-refractivity contribution in [3.63, 3.8) is 0 Å². The predicted molar refractivity (Wildman–Crippen MR) is 269 cm³/mol. The van der Waals surface area contributed by atoms with Crippen LogP contribution in [-0.4, -0.2) is 180 Å². The van der Waals surface area contributed by atoms with Crippen molar-refractivity contribution in [2.45, 2.75) is 106 Å². The molecule has 0 heterocycles. The van der Waals surface area contributed by atoms with Crippen LogP contribution in [0.2, 0.25) is 0 Å². The molecule has 9 atom stereocenters. The van der Waals surface area contributed by atoms with Crippen molar-refractivity contribution in [3.05, 3.63) is 89.5 Å². The van der Waals surface area contributed by atoms with Crippen LogP contribution in [0.3, 0.4) is 0 Å². The van der Waals surface area contributed by atoms with Crippen LogP contribution in [0.15, 0.2) is 72.8 Å². The number of hydrogen-bond donors (Lipinski definition) is 18. The largest absolute Gasteiger partial charge is 0.508 e. The normalized spacial score (nSPS) is 14.3. The first-order chi connectivity index (χ1) is 37.2. The first kappa shape index (κ1) is 63.9. The third-order valence-electron chi connectivity index (χ3n) is 11.5. The molecule has 0 fully saturated rings. The van der Waals surface area contributed by atoms with Crippen molar-refractivity contribution in [1.29, 1.82) is 0 Å². The number of rotatable bonds is 32. The fraction of sp³-hybridized carbons (Fsp3) is 0.388. The number of aliphatic hydroxyl groups excluding tert-OH is 2. The highest BCUT2D eigenvalue weighted by molar-refractivity contribution is 5.99. The third-order valence-corrected chi connectivity index (χ3v) is 11.5. The van der Waals surface area contributed by atoms with E-state index in [0.717, 1.165) is 6.92 Å². The van der Waals surface area contributed by atoms with Crippen LogP contribution >= 0.6 is 0 Å². The van der Waals surface area contributed by atoms with Gasteiger partial charge in [0.1, 0.15) is 65.6 Å². The number of carboxylic acid groups (broad SMARTS) is 3. The number of primary amides is 1. The van der Waals surface area contributed by atoms with Crippen molar-refractivity contribution in [1.82, 2.24) is 42.5 Å². The number of amides is 9. The molecule has 0 aliphatic rings. The van der Waals surface area contributed by atoms with E-state index >= 15 is 0 Å². The van der Waals surface area contributed by atoms with Crippen LogP contribution in [0.1, 0.15) is 49.3 Å². The summed E-state index contributed by atoms with van der Waals surface area (Å²) in [6, 6.07) is -0.400. The lowest BCUT2D eigenvalue weighted by atomic mass is 10.0. The Morgan fingerprint density at radius 1 is 0.418 bits per heavy atom. The highest BCUT2D eigenvalue weighted by atomic mass is 16.4. The van der Waals surface area contributed by atoms with Gasteiger partial charge >= 0.3 is 17.9 Å². The maximum atomic E-state index is 14.0. The summed E-state index contributed by atoms with van der Waals surface area (Å²) in [6.45, 7) is -1.17. The minimum atomic E-state index is -2.06. The second kappa shape index (κ2) is 31.0. The van der Waals surface area contributed by atoms with Crippen LogP contribution < -0.4 is 54.0 Å². The van der Waals surface area contributed by atoms with Crippen LogP contribution in [0.4, 0.5) is 0 Å². The van der Waals surface area contributed by atoms with E-state index in [2.05, 4.69) is 42.5 Å². The zero-order valence-electron chi connectivity index (χ0n) is 42.1. The zero-order valence-corrected chi connectivity index (χ0v) is 42.1. The quantitative estimate of drug-likeness (QED) is 0.0277. The molecule has 0 aliphatic heterocycles. The molecular weight excluding hydrogens is 1050 g/mol. The van der Waals surface area contributed by atoms with Gasteiger partial charge < -0.3 is 94.9 Å². The third kappa shape index (κ3) is 22.0. The van der Waals surface area contributed by atoms with E-state index in [1.807, 2.05) is 0 Å². The Kier molecular flexibility index (Phi) is 25.0. The van der Waals surface area contributed by atoms with Gasteiger partial charge in [0.05, 0.1) is 32.1 Å². The van der Waals surface area contributed by atoms with Crippen LogP contribution in [0.5, 0.6) is 17.2 Å². The van der Waals surface area contributed by atoms with Crippen LogP contribution in [0.25, 0.3) is 0 Å². The average Bonchev–Trinajstić information content (AvgIpc) is 3.39. The van der Waals surface area contributed by atoms with Gasteiger partial charge in [0.2, 0.25) is 53.2 Å². The number of aliphatic carboxylic acids is 3. The Bertz CT molecular complexity index is 2670. The number of carbonyl (C=O) groups excluding carboxylic acids is 9. The van der Waals surface area contributed by atoms with Crippen LogP contribution in [-0.2, 0) is 76.8 Å². The number of nitrogens with one attached hydrogen (secondary N) is 8. The number of nitrogens with two attached hydrogens (primary N) is 2. The van der Waals surface area contributed by atoms with E-state index < -0.39 is 164 Å². The lowest BCUT2D eigenvalue weighted by molar-refractivity contribution is -0.143. The SMILES string of the molecule is C[C@H](NC(=O)[C@H](CO)NC(=O)[C@H](Cc1ccc(O)cc1)NC(=O)[C@H](CC(=O)O)NC(=O)[C@H](Cc1ccc(O)cc1)NC(=O)[C@H](CO)NC(=O)[C@@H](N)CCC(N)=O)C(=O)N[C@@H](CC(=O)O)C(=O)N[C@@H](Cc1ccc(O)cc1)C(=O)O. The van der Waals surface area contributed by atoms with Gasteiger partial charge in [-0.1, -0.05) is 36.4 Å². The molecule has 20 N–H and O–H groups in total. The van der Waals surface area contributed by atoms with Gasteiger partial charge in [-0.2, -0.15) is 0 Å². The molecule has 0 saturated carbocycles. The number of carboxylic acids is 3. The highest BCUT2D eigenvalue weighted by Crippen LogP contribution is 2.15. The van der Waals surface area contributed by atoms with Crippen LogP contribution in [0, 0.1) is 0 Å². The monoisotopic (exact) mass is 1110 g/mol. The Hall–Kier alpha value is -9.42. The van der Waals surface area contributed by atoms with E-state index in [-0.39, 0.29) is 47.6 Å². The second-order valence-corrected chi connectivity index (χ2v) is 17.8. The highest BCUT2D eigenvalue weighted by Gasteiger charge is 2.36. The first-order valence-corrected chi connectivity index (χ1v) is 23.9. The summed E-state index contributed by atoms with van der Waals surface area (Å²) in [6.07, 6.45) is -3.98. The van der Waals surface area contributed by atoms with Crippen molar-refractivity contribution in [2.75, 3.05) is 13.2 Å². The number of aliphatic hydroxyl groups is 2. The molecular formula is C49H62N10O20. The minimum Gasteiger partial charge on any atom is -0.508 e. The summed E-state index contributed by atoms with van der Waals surface area (Å²) in [5, 5.41) is 96.0. The maximum absolute atomic E-state index is 14.0. The predicted octanol–water partition coefficient (Wildman–Crippen LogP) is -5.66. The van der Waals surface area contributed by atoms with Crippen molar-refractivity contribution < 1.29 is 98.4 Å². The molecule has 3 rings (SSSR count). The molecule has 0 saturated heterocycles. The van der Waals surface area contributed by atoms with E-state index in [9.17, 15) is 98.4 Å². The van der Waals surface area contributed by atoms with Crippen molar-refractivity contribution in [2.24, 2.45) is 11.5 Å². The fourth-order valence-corrected chi connectivity index (χ4v) is 7.12. The second-order valence-electron chi connectivity index (χ2n) is 17.8. The summed E-state index contributed by atoms with van der Waals surface area (Å²) < 4.78 is 0. The summed E-state index contributed by atoms with van der Waals surface area (Å²) in [4.78, 5) is 155. The lowest BCUT2D eigenvalue weighted by Crippen LogP contribution is -2.61. The number of aromatic hydroxyl groups is 3. The summed E-state index contributed by atoms with van der Waals surface area (Å²) >= 11 is 0. The molecule has 3 aromatic carbocycles. The molecule has 9 amide bonds. The van der Waals surface area contributed by atoms with Gasteiger partial charge in [0, 0.05) is 25.7 Å². The first-order valence-electron chi connectivity index (χ1n) is 23.9. The molecule has 0 unspecified atom stereocenters. The average molecular weight is 1110 g/mol. The number of hydrogen-bond acceptors (Lipinski definition) is 18. The van der Waals surface area contributed by atoms with Gasteiger partial charge in [0.15, 0.2) is 0 Å². The van der Waals surface area contributed by atoms with E-state index in [1.165, 1.54) is 72.8 Å². The molecule has 0 aromatic heterocycles. The number of phenolic OH excluding ortho intramolecular Hbond substituents is 3. The van der Waals surface area contributed by atoms with Gasteiger partial charge in [-0.3, -0.25) is 52.7 Å². The molecule has 0 spiro atoms. The Morgan fingerprint density at radius 3 is 1.06 bits per heavy atom. The summed E-state index contributed by atoms with van der Waals surface area (Å²) in [5.41, 5.74) is 11.7. The fourth-order valence-electron chi connectivity index (χ4n) is 7.12. The Labute approximate surface area is 448 Å². The van der Waals surface area contributed by atoms with Gasteiger partial charge in [-0.25, -0.2) is 4.79 Å².